The average Bonchev–Trinajstić information content (AvgIpc) is 3.22. The van der Waals surface area contributed by atoms with Crippen molar-refractivity contribution >= 4 is 28.6 Å². The number of hydrogen-bond donors (Lipinski definition) is 3. The molecule has 0 unspecified atom stereocenters. The summed E-state index contributed by atoms with van der Waals surface area (Å²) >= 11 is 1.41. The highest BCUT2D eigenvalue weighted by atomic mass is 32.1. The Kier molecular flexibility index (Phi) is 6.46. The van der Waals surface area contributed by atoms with Crippen LogP contribution in [0.4, 0.5) is 11.4 Å². The Morgan fingerprint density at radius 2 is 2.04 bits per heavy atom. The number of carbonyl (C=O) groups is 1. The van der Waals surface area contributed by atoms with Crippen LogP contribution in [0.15, 0.2) is 57.1 Å². The van der Waals surface area contributed by atoms with Crippen molar-refractivity contribution in [1.82, 2.24) is 0 Å². The van der Waals surface area contributed by atoms with E-state index in [1.54, 1.807) is 30.3 Å². The molecule has 8 heteroatoms. The van der Waals surface area contributed by atoms with Crippen LogP contribution < -0.4 is 21.0 Å². The van der Waals surface area contributed by atoms with E-state index in [1.165, 1.54) is 11.3 Å². The minimum atomic E-state index is -0.766. The molecular formula is C20H20N2O5S. The molecule has 0 aliphatic rings. The van der Waals surface area contributed by atoms with Gasteiger partial charge in [-0.25, -0.2) is 4.79 Å². The first kappa shape index (κ1) is 19.7. The van der Waals surface area contributed by atoms with Crippen LogP contribution in [0.25, 0.3) is 10.6 Å². The van der Waals surface area contributed by atoms with Gasteiger partial charge in [-0.1, -0.05) is 18.2 Å². The predicted octanol–water partition coefficient (Wildman–Crippen LogP) is 3.42. The van der Waals surface area contributed by atoms with E-state index < -0.39 is 11.5 Å². The highest BCUT2D eigenvalue weighted by Gasteiger charge is 2.21. The van der Waals surface area contributed by atoms with Crippen LogP contribution in [0.5, 0.6) is 5.75 Å². The molecule has 2 heterocycles. The molecule has 1 aromatic carbocycles. The number of hydrogen-bond acceptors (Lipinski definition) is 7. The molecule has 0 bridgehead atoms. The zero-order valence-corrected chi connectivity index (χ0v) is 16.0. The number of aliphatic hydroxyl groups excluding tert-OH is 1. The summed E-state index contributed by atoms with van der Waals surface area (Å²) in [5.41, 5.74) is -0.193. The first-order valence-electron chi connectivity index (χ1n) is 8.74. The lowest BCUT2D eigenvalue weighted by Crippen LogP contribution is -2.24. The van der Waals surface area contributed by atoms with E-state index in [0.29, 0.717) is 29.5 Å². The summed E-state index contributed by atoms with van der Waals surface area (Å²) < 4.78 is 10.9. The summed E-state index contributed by atoms with van der Waals surface area (Å²) in [6, 6.07) is 12.2. The number of carbonyl (C=O) groups excluding carboxylic acids is 1. The molecule has 3 N–H and O–H groups in total. The third-order valence-corrected chi connectivity index (χ3v) is 4.69. The molecule has 28 heavy (non-hydrogen) atoms. The summed E-state index contributed by atoms with van der Waals surface area (Å²) in [6.45, 7) is 2.31. The van der Waals surface area contributed by atoms with Crippen molar-refractivity contribution in [3.05, 3.63) is 63.8 Å². The van der Waals surface area contributed by atoms with Crippen molar-refractivity contribution in [1.29, 1.82) is 0 Å². The number of aliphatic hydroxyl groups is 1. The summed E-state index contributed by atoms with van der Waals surface area (Å²) in [4.78, 5) is 26.2. The normalized spacial score (nSPS) is 10.5. The van der Waals surface area contributed by atoms with Crippen LogP contribution >= 0.6 is 11.3 Å². The van der Waals surface area contributed by atoms with Crippen LogP contribution in [-0.4, -0.2) is 30.8 Å². The van der Waals surface area contributed by atoms with Crippen molar-refractivity contribution in [3.8, 4) is 16.4 Å². The van der Waals surface area contributed by atoms with E-state index in [1.807, 2.05) is 24.4 Å². The second-order valence-electron chi connectivity index (χ2n) is 5.70. The monoisotopic (exact) mass is 400 g/mol. The summed E-state index contributed by atoms with van der Waals surface area (Å²) in [5.74, 6) is 0.230. The maximum absolute atomic E-state index is 12.8. The number of ether oxygens (including phenoxy) is 1. The molecule has 0 saturated carbocycles. The third kappa shape index (κ3) is 4.41. The van der Waals surface area contributed by atoms with Gasteiger partial charge in [0.1, 0.15) is 17.1 Å². The number of amides is 1. The zero-order valence-electron chi connectivity index (χ0n) is 15.2. The minimum absolute atomic E-state index is 0.150. The maximum Gasteiger partial charge on any atom is 0.351 e. The first-order valence-corrected chi connectivity index (χ1v) is 9.62. The molecule has 0 fully saturated rings. The lowest BCUT2D eigenvalue weighted by atomic mass is 10.1. The standard InChI is InChI=1S/C20H20N2O5S/c1-2-26-15-7-4-3-6-13(15)22-19(24)18-14(21-9-10-23)12-16(27-20(18)25)17-8-5-11-28-17/h3-8,11-12,21,23H,2,9-10H2,1H3,(H,22,24). The zero-order chi connectivity index (χ0) is 19.9. The van der Waals surface area contributed by atoms with E-state index in [2.05, 4.69) is 10.6 Å². The lowest BCUT2D eigenvalue weighted by Gasteiger charge is -2.14. The van der Waals surface area contributed by atoms with Gasteiger partial charge in [-0.2, -0.15) is 0 Å². The van der Waals surface area contributed by atoms with Gasteiger partial charge in [0.15, 0.2) is 0 Å². The fraction of sp³-hybridized carbons (Fsp3) is 0.200. The highest BCUT2D eigenvalue weighted by molar-refractivity contribution is 7.13. The molecule has 7 nitrogen and oxygen atoms in total. The summed E-state index contributed by atoms with van der Waals surface area (Å²) in [7, 11) is 0. The van der Waals surface area contributed by atoms with Gasteiger partial charge in [-0.05, 0) is 30.5 Å². The second-order valence-corrected chi connectivity index (χ2v) is 6.65. The van der Waals surface area contributed by atoms with Crippen molar-refractivity contribution in [3.63, 3.8) is 0 Å². The number of rotatable bonds is 8. The molecule has 0 radical (unpaired) electrons. The van der Waals surface area contributed by atoms with Crippen molar-refractivity contribution in [2.75, 3.05) is 30.4 Å². The van der Waals surface area contributed by atoms with E-state index in [0.717, 1.165) is 4.88 Å². The molecule has 0 atom stereocenters. The van der Waals surface area contributed by atoms with Crippen molar-refractivity contribution < 1.29 is 19.1 Å². The van der Waals surface area contributed by atoms with Crippen LogP contribution in [0, 0.1) is 0 Å². The van der Waals surface area contributed by atoms with Gasteiger partial charge < -0.3 is 24.9 Å². The van der Waals surface area contributed by atoms with Crippen LogP contribution in [0.3, 0.4) is 0 Å². The Hall–Kier alpha value is -3.10. The molecule has 3 aromatic rings. The predicted molar refractivity (Wildman–Crippen MR) is 109 cm³/mol. The number of anilines is 2. The minimum Gasteiger partial charge on any atom is -0.492 e. The van der Waals surface area contributed by atoms with Gasteiger partial charge >= 0.3 is 5.63 Å². The molecule has 0 aliphatic heterocycles. The maximum atomic E-state index is 12.8. The van der Waals surface area contributed by atoms with E-state index in [-0.39, 0.29) is 18.7 Å². The topological polar surface area (TPSA) is 101 Å². The summed E-state index contributed by atoms with van der Waals surface area (Å²) in [5, 5.41) is 16.6. The Morgan fingerprint density at radius 1 is 1.21 bits per heavy atom. The Labute approximate surface area is 165 Å². The third-order valence-electron chi connectivity index (χ3n) is 3.80. The van der Waals surface area contributed by atoms with Crippen LogP contribution in [0.1, 0.15) is 17.3 Å². The quantitative estimate of drug-likeness (QED) is 0.536. The van der Waals surface area contributed by atoms with Crippen molar-refractivity contribution in [2.24, 2.45) is 0 Å². The molecule has 0 aliphatic carbocycles. The van der Waals surface area contributed by atoms with Crippen molar-refractivity contribution in [2.45, 2.75) is 6.92 Å². The molecule has 1 amide bonds. The average molecular weight is 400 g/mol. The molecule has 0 saturated heterocycles. The van der Waals surface area contributed by atoms with E-state index >= 15 is 0 Å². The smallest absolute Gasteiger partial charge is 0.351 e. The fourth-order valence-corrected chi connectivity index (χ4v) is 3.29. The van der Waals surface area contributed by atoms with Gasteiger partial charge in [-0.15, -0.1) is 11.3 Å². The fourth-order valence-electron chi connectivity index (χ4n) is 2.61. The van der Waals surface area contributed by atoms with Crippen LogP contribution in [0.2, 0.25) is 0 Å². The highest BCUT2D eigenvalue weighted by Crippen LogP contribution is 2.29. The number of benzene rings is 1. The molecule has 3 rings (SSSR count). The molecular weight excluding hydrogens is 380 g/mol. The Morgan fingerprint density at radius 3 is 2.75 bits per heavy atom. The van der Waals surface area contributed by atoms with Gasteiger partial charge in [0.05, 0.1) is 29.5 Å². The first-order chi connectivity index (χ1) is 13.6. The number of thiophene rings is 1. The van der Waals surface area contributed by atoms with Gasteiger partial charge in [0.2, 0.25) is 0 Å². The lowest BCUT2D eigenvalue weighted by molar-refractivity contribution is 0.102. The molecule has 2 aromatic heterocycles. The number of para-hydroxylation sites is 2. The van der Waals surface area contributed by atoms with E-state index in [9.17, 15) is 9.59 Å². The summed E-state index contributed by atoms with van der Waals surface area (Å²) in [6.07, 6.45) is 0. The largest absolute Gasteiger partial charge is 0.492 e. The molecule has 146 valence electrons. The Bertz CT molecular complexity index is 998. The van der Waals surface area contributed by atoms with Gasteiger partial charge in [-0.3, -0.25) is 4.79 Å². The second kappa shape index (κ2) is 9.20. The SMILES string of the molecule is CCOc1ccccc1NC(=O)c1c(NCCO)cc(-c2cccs2)oc1=O. The van der Waals surface area contributed by atoms with Gasteiger partial charge in [0, 0.05) is 12.6 Å². The van der Waals surface area contributed by atoms with Crippen LogP contribution in [-0.2, 0) is 0 Å². The van der Waals surface area contributed by atoms with Gasteiger partial charge in [0.25, 0.3) is 5.91 Å². The Balaban J connectivity index is 1.98. The molecule has 0 spiro atoms. The number of nitrogens with one attached hydrogen (secondary N) is 2. The van der Waals surface area contributed by atoms with E-state index in [4.69, 9.17) is 14.3 Å².